The van der Waals surface area contributed by atoms with Crippen molar-refractivity contribution in [2.45, 2.75) is 31.8 Å². The first-order valence-electron chi connectivity index (χ1n) is 8.98. The lowest BCUT2D eigenvalue weighted by atomic mass is 9.88. The molecule has 0 unspecified atom stereocenters. The molecule has 6 heteroatoms. The van der Waals surface area contributed by atoms with Crippen molar-refractivity contribution in [3.63, 3.8) is 0 Å². The third-order valence-corrected chi connectivity index (χ3v) is 5.02. The van der Waals surface area contributed by atoms with Crippen LogP contribution >= 0.6 is 0 Å². The second-order valence-corrected chi connectivity index (χ2v) is 6.68. The first-order chi connectivity index (χ1) is 12.3. The maximum atomic E-state index is 9.06. The zero-order valence-electron chi connectivity index (χ0n) is 14.2. The second kappa shape index (κ2) is 7.24. The van der Waals surface area contributed by atoms with Crippen LogP contribution in [0.4, 0.5) is 5.82 Å². The molecule has 130 valence electrons. The first kappa shape index (κ1) is 16.1. The molecule has 1 aliphatic carbocycles. The molecule has 6 nitrogen and oxygen atoms in total. The molecular weight excluding hydrogens is 316 g/mol. The Morgan fingerprint density at radius 1 is 1.20 bits per heavy atom. The van der Waals surface area contributed by atoms with E-state index in [1.54, 1.807) is 6.20 Å². The van der Waals surface area contributed by atoms with Crippen LogP contribution in [0.2, 0.25) is 0 Å². The highest BCUT2D eigenvalue weighted by atomic mass is 16.5. The van der Waals surface area contributed by atoms with E-state index in [9.17, 15) is 0 Å². The predicted octanol–water partition coefficient (Wildman–Crippen LogP) is 2.93. The lowest BCUT2D eigenvalue weighted by Gasteiger charge is -2.29. The zero-order chi connectivity index (χ0) is 17.1. The van der Waals surface area contributed by atoms with Crippen molar-refractivity contribution in [3.8, 4) is 11.9 Å². The van der Waals surface area contributed by atoms with Crippen LogP contribution in [0.15, 0.2) is 24.4 Å². The lowest BCUT2D eigenvalue weighted by molar-refractivity contribution is 0.121. The van der Waals surface area contributed by atoms with Crippen molar-refractivity contribution in [2.75, 3.05) is 31.2 Å². The monoisotopic (exact) mass is 338 g/mol. The summed E-state index contributed by atoms with van der Waals surface area (Å²) in [5, 5.41) is 10.0. The van der Waals surface area contributed by atoms with E-state index in [1.165, 1.54) is 0 Å². The van der Waals surface area contributed by atoms with Gasteiger partial charge in [-0.25, -0.2) is 0 Å². The van der Waals surface area contributed by atoms with E-state index in [4.69, 9.17) is 19.7 Å². The van der Waals surface area contributed by atoms with Crippen LogP contribution < -0.4 is 9.64 Å². The lowest BCUT2D eigenvalue weighted by Crippen LogP contribution is -2.36. The minimum atomic E-state index is 0.125. The molecule has 0 atom stereocenters. The van der Waals surface area contributed by atoms with Crippen LogP contribution in [-0.4, -0.2) is 42.4 Å². The molecular formula is C19H22N4O2. The number of nitriles is 1. The van der Waals surface area contributed by atoms with Crippen molar-refractivity contribution in [2.24, 2.45) is 5.92 Å². The number of hydrogen-bond acceptors (Lipinski definition) is 6. The summed E-state index contributed by atoms with van der Waals surface area (Å²) in [6.07, 6.45) is 5.54. The van der Waals surface area contributed by atoms with Crippen LogP contribution in [0.1, 0.15) is 25.7 Å². The van der Waals surface area contributed by atoms with Gasteiger partial charge in [0.05, 0.1) is 30.2 Å². The van der Waals surface area contributed by atoms with Gasteiger partial charge in [-0.05, 0) is 37.8 Å². The van der Waals surface area contributed by atoms with E-state index in [0.29, 0.717) is 5.88 Å². The zero-order valence-corrected chi connectivity index (χ0v) is 14.2. The van der Waals surface area contributed by atoms with Crippen LogP contribution in [0.25, 0.3) is 10.9 Å². The Morgan fingerprint density at radius 3 is 2.76 bits per heavy atom. The number of anilines is 1. The largest absolute Gasteiger partial charge is 0.474 e. The van der Waals surface area contributed by atoms with Gasteiger partial charge in [-0.15, -0.1) is 0 Å². The van der Waals surface area contributed by atoms with E-state index in [0.717, 1.165) is 68.7 Å². The Morgan fingerprint density at radius 2 is 2.00 bits per heavy atom. The molecule has 0 spiro atoms. The molecule has 2 aliphatic rings. The number of rotatable bonds is 3. The van der Waals surface area contributed by atoms with Gasteiger partial charge in [-0.1, -0.05) is 0 Å². The first-order valence-corrected chi connectivity index (χ1v) is 8.98. The summed E-state index contributed by atoms with van der Waals surface area (Å²) in [6, 6.07) is 8.32. The van der Waals surface area contributed by atoms with Crippen LogP contribution in [0.3, 0.4) is 0 Å². The molecule has 0 amide bonds. The van der Waals surface area contributed by atoms with Crippen LogP contribution in [0.5, 0.6) is 5.88 Å². The highest BCUT2D eigenvalue weighted by Gasteiger charge is 2.24. The maximum Gasteiger partial charge on any atom is 0.225 e. The molecule has 0 radical (unpaired) electrons. The molecule has 2 fully saturated rings. The average molecular weight is 338 g/mol. The number of fused-ring (bicyclic) bond motifs is 1. The van der Waals surface area contributed by atoms with E-state index >= 15 is 0 Å². The summed E-state index contributed by atoms with van der Waals surface area (Å²) < 4.78 is 11.7. The molecule has 0 bridgehead atoms. The number of nitrogens with zero attached hydrogens (tertiary/aromatic N) is 4. The standard InChI is InChI=1S/C19H22N4O2/c20-13-14-3-5-15(6-4-14)25-19-16-2-1-7-21-17(16)12-18(22-19)23-8-10-24-11-9-23/h1-2,7,12,14-15H,3-6,8-11H2/t14-,15+. The molecule has 25 heavy (non-hydrogen) atoms. The van der Waals surface area contributed by atoms with Crippen molar-refractivity contribution in [1.29, 1.82) is 5.26 Å². The Kier molecular flexibility index (Phi) is 4.66. The summed E-state index contributed by atoms with van der Waals surface area (Å²) in [7, 11) is 0. The van der Waals surface area contributed by atoms with Gasteiger partial charge >= 0.3 is 0 Å². The average Bonchev–Trinajstić information content (AvgIpc) is 2.69. The molecule has 2 aromatic heterocycles. The Balaban J connectivity index is 1.61. The second-order valence-electron chi connectivity index (χ2n) is 6.68. The predicted molar refractivity (Wildman–Crippen MR) is 94.6 cm³/mol. The van der Waals surface area contributed by atoms with Crippen molar-refractivity contribution >= 4 is 16.7 Å². The van der Waals surface area contributed by atoms with Gasteiger partial charge < -0.3 is 14.4 Å². The molecule has 0 aromatic carbocycles. The molecule has 4 rings (SSSR count). The van der Waals surface area contributed by atoms with Crippen molar-refractivity contribution < 1.29 is 9.47 Å². The number of ether oxygens (including phenoxy) is 2. The summed E-state index contributed by atoms with van der Waals surface area (Å²) in [5.41, 5.74) is 0.903. The molecule has 1 saturated carbocycles. The SMILES string of the molecule is N#C[C@H]1CC[C@@H](Oc2nc(N3CCOCC3)cc3ncccc23)CC1. The highest BCUT2D eigenvalue weighted by Crippen LogP contribution is 2.31. The third kappa shape index (κ3) is 3.52. The van der Waals surface area contributed by atoms with E-state index in [-0.39, 0.29) is 12.0 Å². The number of pyridine rings is 2. The van der Waals surface area contributed by atoms with Gasteiger partial charge in [0.25, 0.3) is 0 Å². The summed E-state index contributed by atoms with van der Waals surface area (Å²) in [4.78, 5) is 11.5. The Hall–Kier alpha value is -2.39. The molecule has 2 aromatic rings. The minimum absolute atomic E-state index is 0.125. The van der Waals surface area contributed by atoms with Crippen molar-refractivity contribution in [3.05, 3.63) is 24.4 Å². The fraction of sp³-hybridized carbons (Fsp3) is 0.526. The Labute approximate surface area is 147 Å². The molecule has 3 heterocycles. The fourth-order valence-corrected chi connectivity index (χ4v) is 3.54. The summed E-state index contributed by atoms with van der Waals surface area (Å²) in [5.74, 6) is 1.73. The number of aromatic nitrogens is 2. The van der Waals surface area contributed by atoms with Gasteiger partial charge in [-0.2, -0.15) is 10.2 Å². The molecule has 1 saturated heterocycles. The van der Waals surface area contributed by atoms with E-state index in [2.05, 4.69) is 16.0 Å². The summed E-state index contributed by atoms with van der Waals surface area (Å²) in [6.45, 7) is 3.10. The van der Waals surface area contributed by atoms with E-state index < -0.39 is 0 Å². The van der Waals surface area contributed by atoms with Gasteiger partial charge in [0.15, 0.2) is 0 Å². The minimum Gasteiger partial charge on any atom is -0.474 e. The highest BCUT2D eigenvalue weighted by molar-refractivity contribution is 5.85. The van der Waals surface area contributed by atoms with Crippen molar-refractivity contribution in [1.82, 2.24) is 9.97 Å². The molecule has 0 N–H and O–H groups in total. The van der Waals surface area contributed by atoms with Crippen LogP contribution in [0, 0.1) is 17.2 Å². The smallest absolute Gasteiger partial charge is 0.225 e. The van der Waals surface area contributed by atoms with E-state index in [1.807, 2.05) is 18.2 Å². The topological polar surface area (TPSA) is 71.3 Å². The maximum absolute atomic E-state index is 9.06. The number of morpholine rings is 1. The number of hydrogen-bond donors (Lipinski definition) is 0. The normalized spacial score (nSPS) is 24.0. The van der Waals surface area contributed by atoms with Gasteiger partial charge in [-0.3, -0.25) is 4.98 Å². The van der Waals surface area contributed by atoms with Gasteiger partial charge in [0.2, 0.25) is 5.88 Å². The van der Waals surface area contributed by atoms with Gasteiger partial charge in [0, 0.05) is 31.3 Å². The van der Waals surface area contributed by atoms with Gasteiger partial charge in [0.1, 0.15) is 11.9 Å². The Bertz CT molecular complexity index is 775. The quantitative estimate of drug-likeness (QED) is 0.857. The van der Waals surface area contributed by atoms with Crippen LogP contribution in [-0.2, 0) is 4.74 Å². The third-order valence-electron chi connectivity index (χ3n) is 5.02. The summed E-state index contributed by atoms with van der Waals surface area (Å²) >= 11 is 0. The molecule has 1 aliphatic heterocycles. The fourth-order valence-electron chi connectivity index (χ4n) is 3.54.